The van der Waals surface area contributed by atoms with Crippen LogP contribution in [0.3, 0.4) is 0 Å². The number of nitrogens with zero attached hydrogens (tertiary/aromatic N) is 4. The van der Waals surface area contributed by atoms with Gasteiger partial charge < -0.3 is 9.80 Å². The highest BCUT2D eigenvalue weighted by atomic mass is 16.2. The summed E-state index contributed by atoms with van der Waals surface area (Å²) in [7, 11) is 0. The van der Waals surface area contributed by atoms with Crippen molar-refractivity contribution in [2.24, 2.45) is 5.92 Å². The summed E-state index contributed by atoms with van der Waals surface area (Å²) in [6, 6.07) is 0.524. The van der Waals surface area contributed by atoms with Crippen LogP contribution < -0.4 is 0 Å². The number of rotatable bonds is 3. The number of likely N-dealkylation sites (tertiary alicyclic amines) is 2. The number of carbonyl (C=O) groups excluding carboxylic acids is 2. The zero-order valence-electron chi connectivity index (χ0n) is 14.5. The van der Waals surface area contributed by atoms with E-state index >= 15 is 0 Å². The molecule has 0 saturated carbocycles. The van der Waals surface area contributed by atoms with Crippen LogP contribution in [0.15, 0.2) is 0 Å². The van der Waals surface area contributed by atoms with Crippen molar-refractivity contribution >= 4 is 11.8 Å². The third-order valence-electron chi connectivity index (χ3n) is 5.69. The highest BCUT2D eigenvalue weighted by Crippen LogP contribution is 2.23. The molecule has 3 rings (SSSR count). The predicted octanol–water partition coefficient (Wildman–Crippen LogP) is 0.0932. The Morgan fingerprint density at radius 3 is 2.17 bits per heavy atom. The monoisotopic (exact) mass is 322 g/mol. The van der Waals surface area contributed by atoms with Gasteiger partial charge in [0.2, 0.25) is 11.8 Å². The molecule has 3 saturated heterocycles. The van der Waals surface area contributed by atoms with Crippen molar-refractivity contribution in [3.8, 4) is 0 Å². The Labute approximate surface area is 139 Å². The van der Waals surface area contributed by atoms with Gasteiger partial charge in [-0.05, 0) is 18.8 Å². The highest BCUT2D eigenvalue weighted by Gasteiger charge is 2.36. The molecule has 6 heteroatoms. The largest absolute Gasteiger partial charge is 0.342 e. The van der Waals surface area contributed by atoms with E-state index in [9.17, 15) is 9.59 Å². The van der Waals surface area contributed by atoms with Gasteiger partial charge in [0.1, 0.15) is 0 Å². The molecule has 23 heavy (non-hydrogen) atoms. The molecule has 0 bridgehead atoms. The first-order valence-corrected chi connectivity index (χ1v) is 9.04. The summed E-state index contributed by atoms with van der Waals surface area (Å²) in [4.78, 5) is 32.6. The maximum absolute atomic E-state index is 12.3. The van der Waals surface area contributed by atoms with Crippen LogP contribution in [0.5, 0.6) is 0 Å². The van der Waals surface area contributed by atoms with Crippen molar-refractivity contribution in [3.63, 3.8) is 0 Å². The Balaban J connectivity index is 1.48. The first-order valence-electron chi connectivity index (χ1n) is 9.04. The van der Waals surface area contributed by atoms with Crippen molar-refractivity contribution in [1.82, 2.24) is 19.6 Å². The Bertz CT molecular complexity index is 442. The fourth-order valence-corrected chi connectivity index (χ4v) is 4.28. The minimum atomic E-state index is 0.182. The molecule has 3 aliphatic rings. The first kappa shape index (κ1) is 16.7. The van der Waals surface area contributed by atoms with Gasteiger partial charge in [0.25, 0.3) is 0 Å². The van der Waals surface area contributed by atoms with Gasteiger partial charge in [-0.25, -0.2) is 0 Å². The van der Waals surface area contributed by atoms with E-state index in [0.717, 1.165) is 65.2 Å². The van der Waals surface area contributed by atoms with E-state index in [1.54, 1.807) is 6.92 Å². The molecule has 0 radical (unpaired) electrons. The summed E-state index contributed by atoms with van der Waals surface area (Å²) in [5.74, 6) is 1.07. The van der Waals surface area contributed by atoms with Crippen LogP contribution in [0.25, 0.3) is 0 Å². The van der Waals surface area contributed by atoms with E-state index in [0.29, 0.717) is 24.4 Å². The normalized spacial score (nSPS) is 30.2. The number of piperazine rings is 1. The fraction of sp³-hybridized carbons (Fsp3) is 0.882. The van der Waals surface area contributed by atoms with Crippen LogP contribution in [-0.4, -0.2) is 96.4 Å². The fourth-order valence-electron chi connectivity index (χ4n) is 4.28. The average molecular weight is 322 g/mol. The van der Waals surface area contributed by atoms with Crippen molar-refractivity contribution in [3.05, 3.63) is 0 Å². The quantitative estimate of drug-likeness (QED) is 0.739. The van der Waals surface area contributed by atoms with Crippen LogP contribution in [0, 0.1) is 5.92 Å². The summed E-state index contributed by atoms with van der Waals surface area (Å²) < 4.78 is 0. The lowest BCUT2D eigenvalue weighted by Gasteiger charge is -2.39. The first-order chi connectivity index (χ1) is 11.0. The Morgan fingerprint density at radius 1 is 0.913 bits per heavy atom. The minimum absolute atomic E-state index is 0.182. The zero-order chi connectivity index (χ0) is 16.4. The standard InChI is InChI=1S/C17H30N4O2/c1-14-11-18(13-17(23)21-5-3-4-6-21)12-16(14)20-9-7-19(8-10-20)15(2)22/h14,16H,3-13H2,1-2H3/t14-,16+/m1/s1. The van der Waals surface area contributed by atoms with E-state index in [-0.39, 0.29) is 5.91 Å². The summed E-state index contributed by atoms with van der Waals surface area (Å²) in [6.07, 6.45) is 2.32. The van der Waals surface area contributed by atoms with E-state index in [2.05, 4.69) is 16.7 Å². The SMILES string of the molecule is CC(=O)N1CCN([C@H]2CN(CC(=O)N3CCCC3)C[C@H]2C)CC1. The highest BCUT2D eigenvalue weighted by molar-refractivity contribution is 5.78. The Hall–Kier alpha value is -1.14. The summed E-state index contributed by atoms with van der Waals surface area (Å²) in [5, 5.41) is 0. The van der Waals surface area contributed by atoms with Gasteiger partial charge in [0.15, 0.2) is 0 Å². The average Bonchev–Trinajstić information content (AvgIpc) is 3.17. The lowest BCUT2D eigenvalue weighted by atomic mass is 10.0. The van der Waals surface area contributed by atoms with E-state index < -0.39 is 0 Å². The van der Waals surface area contributed by atoms with Crippen LogP contribution in [0.2, 0.25) is 0 Å². The molecule has 0 aliphatic carbocycles. The summed E-state index contributed by atoms with van der Waals surface area (Å²) >= 11 is 0. The van der Waals surface area contributed by atoms with E-state index in [1.165, 1.54) is 0 Å². The molecular formula is C17H30N4O2. The number of carbonyl (C=O) groups is 2. The second-order valence-electron chi connectivity index (χ2n) is 7.37. The van der Waals surface area contributed by atoms with Gasteiger partial charge in [-0.3, -0.25) is 19.4 Å². The second kappa shape index (κ2) is 7.18. The molecule has 0 aromatic heterocycles. The van der Waals surface area contributed by atoms with E-state index in [1.807, 2.05) is 9.80 Å². The van der Waals surface area contributed by atoms with Gasteiger partial charge in [0, 0.05) is 65.3 Å². The lowest BCUT2D eigenvalue weighted by Crippen LogP contribution is -2.53. The molecule has 0 aromatic rings. The molecule has 0 aromatic carbocycles. The van der Waals surface area contributed by atoms with Crippen molar-refractivity contribution in [2.75, 3.05) is 58.9 Å². The van der Waals surface area contributed by atoms with Crippen molar-refractivity contribution < 1.29 is 9.59 Å². The number of hydrogen-bond donors (Lipinski definition) is 0. The summed E-state index contributed by atoms with van der Waals surface area (Å²) in [5.41, 5.74) is 0. The molecular weight excluding hydrogens is 292 g/mol. The second-order valence-corrected chi connectivity index (χ2v) is 7.37. The predicted molar refractivity (Wildman–Crippen MR) is 89.0 cm³/mol. The van der Waals surface area contributed by atoms with Gasteiger partial charge in [-0.1, -0.05) is 6.92 Å². The molecule has 0 unspecified atom stereocenters. The van der Waals surface area contributed by atoms with Crippen LogP contribution in [0.1, 0.15) is 26.7 Å². The van der Waals surface area contributed by atoms with Crippen molar-refractivity contribution in [1.29, 1.82) is 0 Å². The van der Waals surface area contributed by atoms with Gasteiger partial charge in [-0.2, -0.15) is 0 Å². The molecule has 3 heterocycles. The van der Waals surface area contributed by atoms with Crippen LogP contribution in [0.4, 0.5) is 0 Å². The Morgan fingerprint density at radius 2 is 1.57 bits per heavy atom. The lowest BCUT2D eigenvalue weighted by molar-refractivity contribution is -0.132. The minimum Gasteiger partial charge on any atom is -0.342 e. The van der Waals surface area contributed by atoms with E-state index in [4.69, 9.17) is 0 Å². The zero-order valence-corrected chi connectivity index (χ0v) is 14.5. The van der Waals surface area contributed by atoms with Gasteiger partial charge in [0.05, 0.1) is 6.54 Å². The maximum Gasteiger partial charge on any atom is 0.236 e. The smallest absolute Gasteiger partial charge is 0.236 e. The molecule has 130 valence electrons. The number of amides is 2. The topological polar surface area (TPSA) is 47.1 Å². The Kier molecular flexibility index (Phi) is 5.21. The van der Waals surface area contributed by atoms with Crippen LogP contribution in [-0.2, 0) is 9.59 Å². The third kappa shape index (κ3) is 3.86. The van der Waals surface area contributed by atoms with Crippen LogP contribution >= 0.6 is 0 Å². The third-order valence-corrected chi connectivity index (χ3v) is 5.69. The number of hydrogen-bond acceptors (Lipinski definition) is 4. The van der Waals surface area contributed by atoms with Gasteiger partial charge in [-0.15, -0.1) is 0 Å². The molecule has 6 nitrogen and oxygen atoms in total. The van der Waals surface area contributed by atoms with Gasteiger partial charge >= 0.3 is 0 Å². The molecule has 3 fully saturated rings. The molecule has 2 amide bonds. The molecule has 2 atom stereocenters. The summed E-state index contributed by atoms with van der Waals surface area (Å²) in [6.45, 7) is 12.0. The van der Waals surface area contributed by atoms with Crippen molar-refractivity contribution in [2.45, 2.75) is 32.7 Å². The molecule has 3 aliphatic heterocycles. The molecule has 0 N–H and O–H groups in total. The molecule has 0 spiro atoms. The maximum atomic E-state index is 12.3.